The molecule has 0 saturated carbocycles. The van der Waals surface area contributed by atoms with E-state index in [1.165, 1.54) is 5.69 Å². The van der Waals surface area contributed by atoms with Gasteiger partial charge in [0, 0.05) is 36.7 Å². The second-order valence-electron chi connectivity index (χ2n) is 7.43. The largest absolute Gasteiger partial charge is 0.444 e. The van der Waals surface area contributed by atoms with Crippen molar-refractivity contribution >= 4 is 11.8 Å². The Morgan fingerprint density at radius 2 is 2.00 bits per heavy atom. The smallest absolute Gasteiger partial charge is 0.407 e. The number of ether oxygens (including phenoxy) is 1. The lowest BCUT2D eigenvalue weighted by Gasteiger charge is -2.21. The van der Waals surface area contributed by atoms with Gasteiger partial charge in [0.25, 0.3) is 0 Å². The molecule has 128 valence electrons. The molecule has 1 aliphatic rings. The van der Waals surface area contributed by atoms with Gasteiger partial charge in [-0.3, -0.25) is 4.98 Å². The minimum atomic E-state index is -0.439. The van der Waals surface area contributed by atoms with Gasteiger partial charge in [-0.05, 0) is 65.5 Å². The van der Waals surface area contributed by atoms with Gasteiger partial charge in [-0.25, -0.2) is 4.79 Å². The Balaban J connectivity index is 1.76. The molecule has 23 heavy (non-hydrogen) atoms. The van der Waals surface area contributed by atoms with E-state index >= 15 is 0 Å². The Labute approximate surface area is 139 Å². The average molecular weight is 319 g/mol. The lowest BCUT2D eigenvalue weighted by molar-refractivity contribution is 0.0525. The van der Waals surface area contributed by atoms with Crippen LogP contribution in [0, 0.1) is 19.8 Å². The second kappa shape index (κ2) is 7.20. The molecular weight excluding hydrogens is 290 g/mol. The first-order valence-electron chi connectivity index (χ1n) is 8.40. The van der Waals surface area contributed by atoms with Crippen LogP contribution in [-0.2, 0) is 4.74 Å². The molecule has 0 spiro atoms. The number of anilines is 1. The van der Waals surface area contributed by atoms with Gasteiger partial charge in [-0.2, -0.15) is 0 Å². The van der Waals surface area contributed by atoms with E-state index in [-0.39, 0.29) is 6.09 Å². The molecule has 0 unspecified atom stereocenters. The fraction of sp³-hybridized carbons (Fsp3) is 0.667. The molecule has 1 fully saturated rings. The Hall–Kier alpha value is -1.78. The maximum atomic E-state index is 11.6. The normalized spacial score (nSPS) is 18.1. The van der Waals surface area contributed by atoms with Crippen LogP contribution in [0.1, 0.15) is 45.0 Å². The lowest BCUT2D eigenvalue weighted by Crippen LogP contribution is -2.33. The maximum Gasteiger partial charge on any atom is 0.407 e. The second-order valence-corrected chi connectivity index (χ2v) is 7.43. The summed E-state index contributed by atoms with van der Waals surface area (Å²) in [5, 5.41) is 2.85. The Morgan fingerprint density at radius 1 is 1.35 bits per heavy atom. The van der Waals surface area contributed by atoms with Crippen molar-refractivity contribution in [2.45, 2.75) is 53.1 Å². The fourth-order valence-corrected chi connectivity index (χ4v) is 2.99. The van der Waals surface area contributed by atoms with Gasteiger partial charge in [0.1, 0.15) is 5.60 Å². The lowest BCUT2D eigenvalue weighted by atomic mass is 10.1. The predicted octanol–water partition coefficient (Wildman–Crippen LogP) is 3.44. The fourth-order valence-electron chi connectivity index (χ4n) is 2.99. The van der Waals surface area contributed by atoms with Gasteiger partial charge in [0.15, 0.2) is 0 Å². The quantitative estimate of drug-likeness (QED) is 0.923. The number of nitrogens with one attached hydrogen (secondary N) is 1. The van der Waals surface area contributed by atoms with Crippen LogP contribution in [-0.4, -0.2) is 36.3 Å². The topological polar surface area (TPSA) is 54.5 Å². The molecule has 1 N–H and O–H groups in total. The van der Waals surface area contributed by atoms with Crippen molar-refractivity contribution in [2.24, 2.45) is 5.92 Å². The van der Waals surface area contributed by atoms with Crippen LogP contribution in [0.4, 0.5) is 10.5 Å². The molecular formula is C18H29N3O2. The number of amides is 1. The third kappa shape index (κ3) is 5.73. The predicted molar refractivity (Wildman–Crippen MR) is 92.9 cm³/mol. The molecule has 0 aromatic carbocycles. The summed E-state index contributed by atoms with van der Waals surface area (Å²) in [7, 11) is 0. The molecule has 2 rings (SSSR count). The third-order valence-electron chi connectivity index (χ3n) is 3.94. The Bertz CT molecular complexity index is 531. The number of carbonyl (C=O) groups is 1. The van der Waals surface area contributed by atoms with Crippen molar-refractivity contribution in [3.8, 4) is 0 Å². The van der Waals surface area contributed by atoms with Crippen LogP contribution in [0.5, 0.6) is 0 Å². The molecule has 2 heterocycles. The maximum absolute atomic E-state index is 11.6. The number of nitrogens with zero attached hydrogens (tertiary/aromatic N) is 2. The number of aryl methyl sites for hydroxylation is 2. The SMILES string of the molecule is Cc1cc(N2CC[C@@H](CCNC(=O)OC(C)(C)C)C2)cc(C)n1. The van der Waals surface area contributed by atoms with Crippen molar-refractivity contribution in [1.82, 2.24) is 10.3 Å². The van der Waals surface area contributed by atoms with E-state index in [0.29, 0.717) is 12.5 Å². The van der Waals surface area contributed by atoms with E-state index in [1.807, 2.05) is 34.6 Å². The first kappa shape index (κ1) is 17.6. The van der Waals surface area contributed by atoms with Gasteiger partial charge in [0.05, 0.1) is 0 Å². The van der Waals surface area contributed by atoms with E-state index in [0.717, 1.165) is 37.3 Å². The summed E-state index contributed by atoms with van der Waals surface area (Å²) in [6.45, 7) is 12.5. The van der Waals surface area contributed by atoms with Crippen molar-refractivity contribution in [3.05, 3.63) is 23.5 Å². The van der Waals surface area contributed by atoms with E-state index in [9.17, 15) is 4.79 Å². The van der Waals surface area contributed by atoms with Crippen LogP contribution in [0.2, 0.25) is 0 Å². The highest BCUT2D eigenvalue weighted by Crippen LogP contribution is 2.26. The molecule has 1 saturated heterocycles. The van der Waals surface area contributed by atoms with E-state index in [4.69, 9.17) is 4.74 Å². The average Bonchev–Trinajstić information content (AvgIpc) is 2.84. The highest BCUT2D eigenvalue weighted by Gasteiger charge is 2.23. The van der Waals surface area contributed by atoms with Gasteiger partial charge < -0.3 is 15.0 Å². The first-order chi connectivity index (χ1) is 10.7. The molecule has 5 nitrogen and oxygen atoms in total. The number of hydrogen-bond acceptors (Lipinski definition) is 4. The Kier molecular flexibility index (Phi) is 5.50. The number of pyridine rings is 1. The van der Waals surface area contributed by atoms with Crippen LogP contribution < -0.4 is 10.2 Å². The molecule has 0 bridgehead atoms. The third-order valence-corrected chi connectivity index (χ3v) is 3.94. The minimum Gasteiger partial charge on any atom is -0.444 e. The van der Waals surface area contributed by atoms with Crippen molar-refractivity contribution in [1.29, 1.82) is 0 Å². The number of carbonyl (C=O) groups excluding carboxylic acids is 1. The van der Waals surface area contributed by atoms with Crippen LogP contribution in [0.15, 0.2) is 12.1 Å². The van der Waals surface area contributed by atoms with Gasteiger partial charge in [-0.1, -0.05) is 0 Å². The van der Waals surface area contributed by atoms with Crippen LogP contribution in [0.25, 0.3) is 0 Å². The highest BCUT2D eigenvalue weighted by molar-refractivity contribution is 5.67. The number of alkyl carbamates (subject to hydrolysis) is 1. The van der Waals surface area contributed by atoms with Crippen molar-refractivity contribution < 1.29 is 9.53 Å². The summed E-state index contributed by atoms with van der Waals surface area (Å²) in [5.41, 5.74) is 2.95. The zero-order chi connectivity index (χ0) is 17.0. The van der Waals surface area contributed by atoms with Gasteiger partial charge >= 0.3 is 6.09 Å². The summed E-state index contributed by atoms with van der Waals surface area (Å²) in [4.78, 5) is 18.5. The van der Waals surface area contributed by atoms with Crippen LogP contribution in [0.3, 0.4) is 0 Å². The zero-order valence-electron chi connectivity index (χ0n) is 15.0. The van der Waals surface area contributed by atoms with Crippen LogP contribution >= 0.6 is 0 Å². The standard InChI is InChI=1S/C18H29N3O2/c1-13-10-16(11-14(2)20-13)21-9-7-15(12-21)6-8-19-17(22)23-18(3,4)5/h10-11,15H,6-9,12H2,1-5H3,(H,19,22)/t15-/m1/s1. The molecule has 0 aliphatic carbocycles. The molecule has 1 atom stereocenters. The minimum absolute atomic E-state index is 0.326. The summed E-state index contributed by atoms with van der Waals surface area (Å²) in [5.74, 6) is 0.610. The van der Waals surface area contributed by atoms with E-state index < -0.39 is 5.60 Å². The molecule has 1 aromatic heterocycles. The highest BCUT2D eigenvalue weighted by atomic mass is 16.6. The number of hydrogen-bond donors (Lipinski definition) is 1. The monoisotopic (exact) mass is 319 g/mol. The van der Waals surface area contributed by atoms with Gasteiger partial charge in [0.2, 0.25) is 0 Å². The van der Waals surface area contributed by atoms with Crippen molar-refractivity contribution in [3.63, 3.8) is 0 Å². The first-order valence-corrected chi connectivity index (χ1v) is 8.40. The molecule has 1 aliphatic heterocycles. The summed E-state index contributed by atoms with van der Waals surface area (Å²) >= 11 is 0. The number of aromatic nitrogens is 1. The number of rotatable bonds is 4. The molecule has 1 aromatic rings. The van der Waals surface area contributed by atoms with E-state index in [1.54, 1.807) is 0 Å². The van der Waals surface area contributed by atoms with Gasteiger partial charge in [-0.15, -0.1) is 0 Å². The molecule has 0 radical (unpaired) electrons. The summed E-state index contributed by atoms with van der Waals surface area (Å²) in [6.07, 6.45) is 1.82. The Morgan fingerprint density at radius 3 is 2.61 bits per heavy atom. The molecule has 5 heteroatoms. The van der Waals surface area contributed by atoms with Crippen molar-refractivity contribution in [2.75, 3.05) is 24.5 Å². The summed E-state index contributed by atoms with van der Waals surface area (Å²) < 4.78 is 5.25. The summed E-state index contributed by atoms with van der Waals surface area (Å²) in [6, 6.07) is 4.29. The van der Waals surface area contributed by atoms with E-state index in [2.05, 4.69) is 27.3 Å². The zero-order valence-corrected chi connectivity index (χ0v) is 15.0. The molecule has 1 amide bonds.